The van der Waals surface area contributed by atoms with Crippen molar-refractivity contribution in [1.29, 1.82) is 0 Å². The Kier molecular flexibility index (Phi) is 4.00. The molecule has 1 heterocycles. The molecule has 1 aliphatic rings. The topological polar surface area (TPSA) is 6.48 Å². The molecule has 0 unspecified atom stereocenters. The Morgan fingerprint density at radius 2 is 1.94 bits per heavy atom. The van der Waals surface area contributed by atoms with Crippen molar-refractivity contribution in [1.82, 2.24) is 4.90 Å². The summed E-state index contributed by atoms with van der Waals surface area (Å²) in [6.45, 7) is 5.19. The van der Waals surface area contributed by atoms with Crippen LogP contribution in [0, 0.1) is 5.82 Å². The smallest absolute Gasteiger partial charge is 0.146 e. The van der Waals surface area contributed by atoms with Gasteiger partial charge in [0.15, 0.2) is 0 Å². The molecule has 1 saturated heterocycles. The van der Waals surface area contributed by atoms with Crippen LogP contribution in [0.4, 0.5) is 10.1 Å². The van der Waals surface area contributed by atoms with Gasteiger partial charge >= 0.3 is 0 Å². The van der Waals surface area contributed by atoms with Crippen LogP contribution >= 0.6 is 0 Å². The molecule has 2 rings (SSSR count). The third-order valence-electron chi connectivity index (χ3n) is 3.63. The van der Waals surface area contributed by atoms with Crippen molar-refractivity contribution in [3.63, 3.8) is 0 Å². The van der Waals surface area contributed by atoms with Crippen molar-refractivity contribution in [3.8, 4) is 0 Å². The van der Waals surface area contributed by atoms with E-state index in [1.54, 1.807) is 12.1 Å². The SMILES string of the molecule is CCN(c1ccccc1F)C1CCN(C)CC1. The Hall–Kier alpha value is -1.09. The van der Waals surface area contributed by atoms with E-state index < -0.39 is 0 Å². The van der Waals surface area contributed by atoms with E-state index >= 15 is 0 Å². The highest BCUT2D eigenvalue weighted by atomic mass is 19.1. The Morgan fingerprint density at radius 1 is 1.29 bits per heavy atom. The molecule has 0 radical (unpaired) electrons. The third-order valence-corrected chi connectivity index (χ3v) is 3.63. The lowest BCUT2D eigenvalue weighted by molar-refractivity contribution is 0.250. The van der Waals surface area contributed by atoms with Crippen LogP contribution in [0.15, 0.2) is 24.3 Å². The monoisotopic (exact) mass is 236 g/mol. The molecule has 94 valence electrons. The van der Waals surface area contributed by atoms with E-state index in [4.69, 9.17) is 0 Å². The molecule has 0 N–H and O–H groups in total. The number of hydrogen-bond acceptors (Lipinski definition) is 2. The van der Waals surface area contributed by atoms with Crippen LogP contribution in [0.2, 0.25) is 0 Å². The van der Waals surface area contributed by atoms with Crippen LogP contribution in [0.1, 0.15) is 19.8 Å². The number of para-hydroxylation sites is 1. The van der Waals surface area contributed by atoms with Gasteiger partial charge in [0.05, 0.1) is 5.69 Å². The van der Waals surface area contributed by atoms with Crippen molar-refractivity contribution in [3.05, 3.63) is 30.1 Å². The molecule has 1 fully saturated rings. The van der Waals surface area contributed by atoms with E-state index in [0.29, 0.717) is 6.04 Å². The van der Waals surface area contributed by atoms with Crippen LogP contribution < -0.4 is 4.90 Å². The summed E-state index contributed by atoms with van der Waals surface area (Å²) < 4.78 is 13.8. The van der Waals surface area contributed by atoms with Crippen LogP contribution in [0.5, 0.6) is 0 Å². The van der Waals surface area contributed by atoms with E-state index in [-0.39, 0.29) is 5.82 Å². The minimum Gasteiger partial charge on any atom is -0.366 e. The lowest BCUT2D eigenvalue weighted by atomic mass is 10.0. The molecule has 17 heavy (non-hydrogen) atoms. The van der Waals surface area contributed by atoms with Gasteiger partial charge in [0, 0.05) is 12.6 Å². The summed E-state index contributed by atoms with van der Waals surface area (Å²) in [6, 6.07) is 7.58. The van der Waals surface area contributed by atoms with E-state index in [0.717, 1.165) is 38.2 Å². The van der Waals surface area contributed by atoms with Gasteiger partial charge in [-0.15, -0.1) is 0 Å². The second-order valence-corrected chi connectivity index (χ2v) is 4.77. The molecule has 0 amide bonds. The maximum Gasteiger partial charge on any atom is 0.146 e. The van der Waals surface area contributed by atoms with E-state index in [1.807, 2.05) is 12.1 Å². The molecular weight excluding hydrogens is 215 g/mol. The Labute approximate surface area is 103 Å². The molecule has 0 atom stereocenters. The molecule has 0 saturated carbocycles. The van der Waals surface area contributed by atoms with Gasteiger partial charge in [-0.2, -0.15) is 0 Å². The maximum absolute atomic E-state index is 13.8. The summed E-state index contributed by atoms with van der Waals surface area (Å²) >= 11 is 0. The molecular formula is C14H21FN2. The normalized spacial score (nSPS) is 18.3. The zero-order valence-electron chi connectivity index (χ0n) is 10.7. The fourth-order valence-electron chi connectivity index (χ4n) is 2.62. The first-order valence-electron chi connectivity index (χ1n) is 6.42. The zero-order valence-corrected chi connectivity index (χ0v) is 10.7. The Morgan fingerprint density at radius 3 is 2.53 bits per heavy atom. The zero-order chi connectivity index (χ0) is 12.3. The number of piperidine rings is 1. The predicted octanol–water partition coefficient (Wildman–Crippen LogP) is 2.75. The van der Waals surface area contributed by atoms with Gasteiger partial charge in [-0.25, -0.2) is 4.39 Å². The minimum absolute atomic E-state index is 0.103. The number of halogens is 1. The van der Waals surface area contributed by atoms with Crippen molar-refractivity contribution in [2.75, 3.05) is 31.6 Å². The van der Waals surface area contributed by atoms with Gasteiger partial charge in [-0.3, -0.25) is 0 Å². The summed E-state index contributed by atoms with van der Waals surface area (Å²) in [6.07, 6.45) is 2.25. The molecule has 2 nitrogen and oxygen atoms in total. The summed E-state index contributed by atoms with van der Waals surface area (Å²) in [4.78, 5) is 4.55. The Balaban J connectivity index is 2.14. The third kappa shape index (κ3) is 2.78. The fourth-order valence-corrected chi connectivity index (χ4v) is 2.62. The predicted molar refractivity (Wildman–Crippen MR) is 69.9 cm³/mol. The first kappa shape index (κ1) is 12.4. The summed E-state index contributed by atoms with van der Waals surface area (Å²) in [5.41, 5.74) is 0.754. The second-order valence-electron chi connectivity index (χ2n) is 4.77. The Bertz CT molecular complexity index is 359. The highest BCUT2D eigenvalue weighted by molar-refractivity contribution is 5.48. The molecule has 0 aromatic heterocycles. The lowest BCUT2D eigenvalue weighted by Gasteiger charge is -2.38. The van der Waals surface area contributed by atoms with Gasteiger partial charge in [0.25, 0.3) is 0 Å². The molecule has 1 aromatic carbocycles. The summed E-state index contributed by atoms with van der Waals surface area (Å²) in [7, 11) is 2.15. The van der Waals surface area contributed by atoms with Crippen LogP contribution in [-0.4, -0.2) is 37.6 Å². The number of hydrogen-bond donors (Lipinski definition) is 0. The van der Waals surface area contributed by atoms with Gasteiger partial charge in [-0.05, 0) is 52.0 Å². The first-order chi connectivity index (χ1) is 8.22. The van der Waals surface area contributed by atoms with Gasteiger partial charge in [0.1, 0.15) is 5.82 Å². The average molecular weight is 236 g/mol. The number of rotatable bonds is 3. The van der Waals surface area contributed by atoms with Gasteiger partial charge in [0.2, 0.25) is 0 Å². The first-order valence-corrected chi connectivity index (χ1v) is 6.42. The summed E-state index contributed by atoms with van der Waals surface area (Å²) in [5, 5.41) is 0. The lowest BCUT2D eigenvalue weighted by Crippen LogP contribution is -2.44. The summed E-state index contributed by atoms with van der Waals surface area (Å²) in [5.74, 6) is -0.103. The van der Waals surface area contributed by atoms with Crippen molar-refractivity contribution < 1.29 is 4.39 Å². The van der Waals surface area contributed by atoms with Gasteiger partial charge < -0.3 is 9.80 Å². The number of likely N-dealkylation sites (tertiary alicyclic amines) is 1. The van der Waals surface area contributed by atoms with Crippen LogP contribution in [0.25, 0.3) is 0 Å². The van der Waals surface area contributed by atoms with E-state index in [9.17, 15) is 4.39 Å². The van der Waals surface area contributed by atoms with Crippen molar-refractivity contribution >= 4 is 5.69 Å². The molecule has 0 spiro atoms. The number of nitrogens with zero attached hydrogens (tertiary/aromatic N) is 2. The van der Waals surface area contributed by atoms with Gasteiger partial charge in [-0.1, -0.05) is 12.1 Å². The van der Waals surface area contributed by atoms with E-state index in [2.05, 4.69) is 23.8 Å². The quantitative estimate of drug-likeness (QED) is 0.796. The highest BCUT2D eigenvalue weighted by Crippen LogP contribution is 2.25. The number of benzene rings is 1. The minimum atomic E-state index is -0.103. The molecule has 1 aliphatic heterocycles. The van der Waals surface area contributed by atoms with Crippen molar-refractivity contribution in [2.24, 2.45) is 0 Å². The van der Waals surface area contributed by atoms with Crippen LogP contribution in [-0.2, 0) is 0 Å². The highest BCUT2D eigenvalue weighted by Gasteiger charge is 2.23. The molecule has 0 aliphatic carbocycles. The maximum atomic E-state index is 13.8. The average Bonchev–Trinajstić information content (AvgIpc) is 2.35. The molecule has 0 bridgehead atoms. The number of anilines is 1. The van der Waals surface area contributed by atoms with Crippen molar-refractivity contribution in [2.45, 2.75) is 25.8 Å². The molecule has 3 heteroatoms. The standard InChI is InChI=1S/C14H21FN2/c1-3-17(12-8-10-16(2)11-9-12)14-7-5-4-6-13(14)15/h4-7,12H,3,8-11H2,1-2H3. The fraction of sp³-hybridized carbons (Fsp3) is 0.571. The largest absolute Gasteiger partial charge is 0.366 e. The van der Waals surface area contributed by atoms with Crippen LogP contribution in [0.3, 0.4) is 0 Å². The molecule has 1 aromatic rings. The van der Waals surface area contributed by atoms with E-state index in [1.165, 1.54) is 0 Å². The second kappa shape index (κ2) is 5.50.